The highest BCUT2D eigenvalue weighted by molar-refractivity contribution is 7.93. The van der Waals surface area contributed by atoms with Gasteiger partial charge in [-0.25, -0.2) is 8.42 Å². The van der Waals surface area contributed by atoms with E-state index in [4.69, 9.17) is 24.7 Å². The second-order valence-corrected chi connectivity index (χ2v) is 7.40. The molecule has 0 aliphatic rings. The Kier molecular flexibility index (Phi) is 7.09. The average Bonchev–Trinajstić information content (AvgIpc) is 2.65. The maximum atomic E-state index is 12.5. The molecule has 0 heterocycles. The van der Waals surface area contributed by atoms with Crippen molar-refractivity contribution in [2.45, 2.75) is 5.75 Å². The topological polar surface area (TPSA) is 97.1 Å². The minimum atomic E-state index is -3.54. The van der Waals surface area contributed by atoms with Crippen molar-refractivity contribution < 1.29 is 27.4 Å². The SMILES string of the molecule is COc1cc(OC)c(/C=C/S(=O)(=O)Cc2cccc(OCN)c2)c(OC)c1. The fourth-order valence-corrected chi connectivity index (χ4v) is 3.55. The molecule has 0 spiro atoms. The van der Waals surface area contributed by atoms with Gasteiger partial charge in [0.1, 0.15) is 29.7 Å². The molecule has 8 heteroatoms. The predicted molar refractivity (Wildman–Crippen MR) is 104 cm³/mol. The van der Waals surface area contributed by atoms with Gasteiger partial charge >= 0.3 is 0 Å². The molecule has 146 valence electrons. The summed E-state index contributed by atoms with van der Waals surface area (Å²) in [4.78, 5) is 0. The van der Waals surface area contributed by atoms with Gasteiger partial charge in [0.25, 0.3) is 0 Å². The van der Waals surface area contributed by atoms with Crippen LogP contribution in [0.1, 0.15) is 11.1 Å². The van der Waals surface area contributed by atoms with Crippen LogP contribution >= 0.6 is 0 Å². The van der Waals surface area contributed by atoms with Gasteiger partial charge in [0.2, 0.25) is 0 Å². The molecule has 7 nitrogen and oxygen atoms in total. The third-order valence-corrected chi connectivity index (χ3v) is 5.00. The molecule has 0 aliphatic carbocycles. The van der Waals surface area contributed by atoms with Crippen molar-refractivity contribution in [1.29, 1.82) is 0 Å². The fraction of sp³-hybridized carbons (Fsp3) is 0.263. The first-order valence-electron chi connectivity index (χ1n) is 8.05. The minimum Gasteiger partial charge on any atom is -0.496 e. The molecule has 0 atom stereocenters. The molecule has 0 amide bonds. The molecule has 27 heavy (non-hydrogen) atoms. The smallest absolute Gasteiger partial charge is 0.175 e. The van der Waals surface area contributed by atoms with Crippen LogP contribution in [0.5, 0.6) is 23.0 Å². The van der Waals surface area contributed by atoms with Crippen molar-refractivity contribution in [2.24, 2.45) is 5.73 Å². The molecule has 2 aromatic rings. The van der Waals surface area contributed by atoms with Crippen LogP contribution < -0.4 is 24.7 Å². The van der Waals surface area contributed by atoms with Crippen LogP contribution in [0.2, 0.25) is 0 Å². The molecule has 0 radical (unpaired) electrons. The summed E-state index contributed by atoms with van der Waals surface area (Å²) in [5.74, 6) is 1.77. The number of sulfone groups is 1. The lowest BCUT2D eigenvalue weighted by molar-refractivity contribution is 0.329. The first-order valence-corrected chi connectivity index (χ1v) is 9.76. The van der Waals surface area contributed by atoms with Crippen molar-refractivity contribution in [3.05, 3.63) is 52.9 Å². The molecular formula is C19H23NO6S. The summed E-state index contributed by atoms with van der Waals surface area (Å²) in [6, 6.07) is 10.1. The first kappa shape index (κ1) is 20.6. The van der Waals surface area contributed by atoms with Gasteiger partial charge in [-0.05, 0) is 23.8 Å². The Hall–Kier alpha value is -2.71. The van der Waals surface area contributed by atoms with Crippen LogP contribution in [0.15, 0.2) is 41.8 Å². The summed E-state index contributed by atoms with van der Waals surface area (Å²) < 4.78 is 46.0. The van der Waals surface area contributed by atoms with Gasteiger partial charge in [-0.15, -0.1) is 0 Å². The van der Waals surface area contributed by atoms with E-state index in [9.17, 15) is 8.42 Å². The normalized spacial score (nSPS) is 11.4. The van der Waals surface area contributed by atoms with E-state index in [1.54, 1.807) is 36.4 Å². The van der Waals surface area contributed by atoms with Crippen molar-refractivity contribution >= 4 is 15.9 Å². The molecule has 0 unspecified atom stereocenters. The Labute approximate surface area is 159 Å². The van der Waals surface area contributed by atoms with E-state index in [0.29, 0.717) is 34.1 Å². The van der Waals surface area contributed by atoms with Crippen LogP contribution in [0.4, 0.5) is 0 Å². The van der Waals surface area contributed by atoms with Gasteiger partial charge < -0.3 is 18.9 Å². The zero-order chi connectivity index (χ0) is 19.9. The third-order valence-electron chi connectivity index (χ3n) is 3.71. The highest BCUT2D eigenvalue weighted by atomic mass is 32.2. The van der Waals surface area contributed by atoms with Crippen molar-refractivity contribution in [3.63, 3.8) is 0 Å². The number of methoxy groups -OCH3 is 3. The zero-order valence-corrected chi connectivity index (χ0v) is 16.3. The van der Waals surface area contributed by atoms with E-state index in [0.717, 1.165) is 5.41 Å². The zero-order valence-electron chi connectivity index (χ0n) is 15.5. The van der Waals surface area contributed by atoms with Gasteiger partial charge in [0.05, 0.1) is 32.6 Å². The van der Waals surface area contributed by atoms with Gasteiger partial charge in [0.15, 0.2) is 9.84 Å². The van der Waals surface area contributed by atoms with Gasteiger partial charge in [-0.2, -0.15) is 0 Å². The number of hydrogen-bond acceptors (Lipinski definition) is 7. The second-order valence-electron chi connectivity index (χ2n) is 5.51. The number of benzene rings is 2. The van der Waals surface area contributed by atoms with E-state index in [-0.39, 0.29) is 12.5 Å². The summed E-state index contributed by atoms with van der Waals surface area (Å²) in [6.07, 6.45) is 1.45. The van der Waals surface area contributed by atoms with E-state index in [1.165, 1.54) is 27.4 Å². The molecule has 0 bridgehead atoms. The molecule has 2 N–H and O–H groups in total. The number of ether oxygens (including phenoxy) is 4. The van der Waals surface area contributed by atoms with E-state index >= 15 is 0 Å². The van der Waals surface area contributed by atoms with Crippen molar-refractivity contribution in [3.8, 4) is 23.0 Å². The van der Waals surface area contributed by atoms with Crippen molar-refractivity contribution in [2.75, 3.05) is 28.1 Å². The summed E-state index contributed by atoms with van der Waals surface area (Å²) in [5.41, 5.74) is 6.44. The van der Waals surface area contributed by atoms with Gasteiger partial charge in [-0.1, -0.05) is 12.1 Å². The number of hydrogen-bond donors (Lipinski definition) is 1. The third kappa shape index (κ3) is 5.63. The molecule has 0 saturated carbocycles. The maximum Gasteiger partial charge on any atom is 0.175 e. The Morgan fingerprint density at radius 1 is 0.963 bits per heavy atom. The highest BCUT2D eigenvalue weighted by Gasteiger charge is 2.14. The number of rotatable bonds is 9. The monoisotopic (exact) mass is 393 g/mol. The van der Waals surface area contributed by atoms with Gasteiger partial charge in [0, 0.05) is 17.5 Å². The Morgan fingerprint density at radius 3 is 2.19 bits per heavy atom. The molecule has 2 rings (SSSR count). The summed E-state index contributed by atoms with van der Waals surface area (Å²) in [5, 5.41) is 1.14. The lowest BCUT2D eigenvalue weighted by atomic mass is 10.1. The summed E-state index contributed by atoms with van der Waals surface area (Å²) in [7, 11) is 0.963. The van der Waals surface area contributed by atoms with Gasteiger partial charge in [-0.3, -0.25) is 5.73 Å². The molecular weight excluding hydrogens is 370 g/mol. The van der Waals surface area contributed by atoms with Crippen LogP contribution in [0.3, 0.4) is 0 Å². The first-order chi connectivity index (χ1) is 12.9. The van der Waals surface area contributed by atoms with E-state index in [1.807, 2.05) is 0 Å². The van der Waals surface area contributed by atoms with Crippen molar-refractivity contribution in [1.82, 2.24) is 0 Å². The largest absolute Gasteiger partial charge is 0.496 e. The fourth-order valence-electron chi connectivity index (χ4n) is 2.47. The molecule has 0 fully saturated rings. The Morgan fingerprint density at radius 2 is 1.63 bits per heavy atom. The second kappa shape index (κ2) is 9.29. The molecule has 0 aliphatic heterocycles. The minimum absolute atomic E-state index is 0.0210. The summed E-state index contributed by atoms with van der Waals surface area (Å²) >= 11 is 0. The van der Waals surface area contributed by atoms with Crippen LogP contribution in [-0.2, 0) is 15.6 Å². The lowest BCUT2D eigenvalue weighted by Crippen LogP contribution is -2.07. The average molecular weight is 393 g/mol. The lowest BCUT2D eigenvalue weighted by Gasteiger charge is -2.12. The maximum absolute atomic E-state index is 12.5. The van der Waals surface area contributed by atoms with Crippen LogP contribution in [0.25, 0.3) is 6.08 Å². The number of nitrogens with two attached hydrogens (primary N) is 1. The highest BCUT2D eigenvalue weighted by Crippen LogP contribution is 2.35. The summed E-state index contributed by atoms with van der Waals surface area (Å²) in [6.45, 7) is 0.0210. The van der Waals surface area contributed by atoms with E-state index in [2.05, 4.69) is 0 Å². The molecule has 2 aromatic carbocycles. The molecule has 0 aromatic heterocycles. The Balaban J connectivity index is 2.29. The van der Waals surface area contributed by atoms with Crippen LogP contribution in [-0.4, -0.2) is 36.5 Å². The Bertz CT molecular complexity index is 883. The standard InChI is InChI=1S/C19H23NO6S/c1-23-16-10-18(24-2)17(19(11-16)25-3)7-8-27(21,22)12-14-5-4-6-15(9-14)26-13-20/h4-11H,12-13,20H2,1-3H3/b8-7+. The van der Waals surface area contributed by atoms with Crippen LogP contribution in [0, 0.1) is 0 Å². The van der Waals surface area contributed by atoms with E-state index < -0.39 is 9.84 Å². The quantitative estimate of drug-likeness (QED) is 0.654. The predicted octanol–water partition coefficient (Wildman–Crippen LogP) is 2.59. The molecule has 0 saturated heterocycles.